The van der Waals surface area contributed by atoms with Crippen molar-refractivity contribution in [1.29, 1.82) is 0 Å². The van der Waals surface area contributed by atoms with Crippen molar-refractivity contribution in [3.63, 3.8) is 0 Å². The summed E-state index contributed by atoms with van der Waals surface area (Å²) in [5.41, 5.74) is 1.66. The Labute approximate surface area is 154 Å². The van der Waals surface area contributed by atoms with Gasteiger partial charge in [0.2, 0.25) is 5.91 Å². The van der Waals surface area contributed by atoms with E-state index in [4.69, 9.17) is 11.6 Å². The average Bonchev–Trinajstić information content (AvgIpc) is 2.60. The van der Waals surface area contributed by atoms with E-state index in [-0.39, 0.29) is 22.5 Å². The maximum absolute atomic E-state index is 12.8. The first kappa shape index (κ1) is 18.5. The number of carbonyl (C=O) groups excluding carboxylic acids is 1. The van der Waals surface area contributed by atoms with Gasteiger partial charge in [-0.25, -0.2) is 0 Å². The van der Waals surface area contributed by atoms with E-state index in [1.54, 1.807) is 0 Å². The number of benzene rings is 2. The van der Waals surface area contributed by atoms with Crippen molar-refractivity contribution >= 4 is 23.6 Å². The number of amides is 1. The third-order valence-corrected chi connectivity index (χ3v) is 4.77. The van der Waals surface area contributed by atoms with Gasteiger partial charge in [0.05, 0.1) is 11.6 Å². The molecule has 2 nitrogen and oxygen atoms in total. The van der Waals surface area contributed by atoms with Crippen molar-refractivity contribution in [3.05, 3.63) is 75.8 Å². The smallest absolute Gasteiger partial charge is 0.346 e. The van der Waals surface area contributed by atoms with Crippen LogP contribution in [0.25, 0.3) is 6.08 Å². The number of hydrogen-bond acceptors (Lipinski definition) is 1. The number of aryl methyl sites for hydroxylation is 1. The lowest BCUT2D eigenvalue weighted by atomic mass is 9.88. The predicted octanol–water partition coefficient (Wildman–Crippen LogP) is 5.57. The van der Waals surface area contributed by atoms with Crippen LogP contribution in [0.2, 0.25) is 5.02 Å². The van der Waals surface area contributed by atoms with Crippen LogP contribution in [0.3, 0.4) is 0 Å². The molecule has 2 aromatic carbocycles. The molecule has 1 aliphatic carbocycles. The van der Waals surface area contributed by atoms with Crippen LogP contribution in [-0.2, 0) is 17.4 Å². The molecule has 0 fully saturated rings. The molecule has 0 radical (unpaired) electrons. The summed E-state index contributed by atoms with van der Waals surface area (Å²) in [4.78, 5) is 12.2. The minimum Gasteiger partial charge on any atom is -0.346 e. The molecular formula is C20H17ClF3NO. The van der Waals surface area contributed by atoms with Crippen LogP contribution >= 0.6 is 11.6 Å². The van der Waals surface area contributed by atoms with E-state index in [2.05, 4.69) is 5.32 Å². The Kier molecular flexibility index (Phi) is 5.37. The summed E-state index contributed by atoms with van der Waals surface area (Å²) in [5, 5.41) is 3.08. The van der Waals surface area contributed by atoms with Crippen LogP contribution in [0.1, 0.15) is 41.1 Å². The van der Waals surface area contributed by atoms with Crippen LogP contribution < -0.4 is 5.32 Å². The normalized spacial score (nSPS) is 17.2. The van der Waals surface area contributed by atoms with Gasteiger partial charge in [0, 0.05) is 11.1 Å². The zero-order valence-corrected chi connectivity index (χ0v) is 14.6. The first-order valence-corrected chi connectivity index (χ1v) is 8.65. The van der Waals surface area contributed by atoms with Gasteiger partial charge < -0.3 is 5.32 Å². The molecular weight excluding hydrogens is 363 g/mol. The summed E-state index contributed by atoms with van der Waals surface area (Å²) in [5.74, 6) is -0.361. The molecule has 2 aromatic rings. The first-order chi connectivity index (χ1) is 12.3. The number of fused-ring (bicyclic) bond motifs is 1. The van der Waals surface area contributed by atoms with Gasteiger partial charge in [0.25, 0.3) is 0 Å². The number of carbonyl (C=O) groups is 1. The lowest BCUT2D eigenvalue weighted by Crippen LogP contribution is -2.29. The minimum absolute atomic E-state index is 0.0888. The largest absolute Gasteiger partial charge is 0.416 e. The van der Waals surface area contributed by atoms with E-state index in [1.165, 1.54) is 23.8 Å². The van der Waals surface area contributed by atoms with Gasteiger partial charge in [-0.05, 0) is 60.2 Å². The van der Waals surface area contributed by atoms with Crippen LogP contribution in [-0.4, -0.2) is 5.91 Å². The molecule has 0 bridgehead atoms. The Morgan fingerprint density at radius 3 is 2.73 bits per heavy atom. The number of halogens is 4. The molecule has 0 aliphatic heterocycles. The summed E-state index contributed by atoms with van der Waals surface area (Å²) in [7, 11) is 0. The molecule has 0 saturated carbocycles. The Hall–Kier alpha value is -2.27. The van der Waals surface area contributed by atoms with E-state index >= 15 is 0 Å². The number of nitrogens with one attached hydrogen (secondary N) is 1. The highest BCUT2D eigenvalue weighted by molar-refractivity contribution is 6.32. The molecule has 0 aromatic heterocycles. The third-order valence-electron chi connectivity index (χ3n) is 4.42. The standard InChI is InChI=1S/C20H17ClF3NO/c21-17-10-9-15(20(22,23)24)12-14(17)8-11-19(26)25-18-7-3-5-13-4-1-2-6-16(13)18/h1-2,4,6,8-12,18H,3,5,7H2,(H,25,26)/b11-8+/t18-/m1/s1. The van der Waals surface area contributed by atoms with Gasteiger partial charge in [-0.1, -0.05) is 35.9 Å². The van der Waals surface area contributed by atoms with Gasteiger partial charge in [-0.15, -0.1) is 0 Å². The lowest BCUT2D eigenvalue weighted by Gasteiger charge is -2.25. The molecule has 1 N–H and O–H groups in total. The second-order valence-corrected chi connectivity index (χ2v) is 6.63. The predicted molar refractivity (Wildman–Crippen MR) is 95.8 cm³/mol. The summed E-state index contributed by atoms with van der Waals surface area (Å²) >= 11 is 5.94. The molecule has 6 heteroatoms. The van der Waals surface area contributed by atoms with Crippen molar-refractivity contribution in [2.45, 2.75) is 31.5 Å². The van der Waals surface area contributed by atoms with Gasteiger partial charge >= 0.3 is 6.18 Å². The summed E-state index contributed by atoms with van der Waals surface area (Å²) in [6.45, 7) is 0. The van der Waals surface area contributed by atoms with E-state index in [0.717, 1.165) is 37.0 Å². The minimum atomic E-state index is -4.46. The first-order valence-electron chi connectivity index (χ1n) is 8.28. The second-order valence-electron chi connectivity index (χ2n) is 6.22. The zero-order valence-electron chi connectivity index (χ0n) is 13.8. The molecule has 1 amide bonds. The molecule has 0 unspecified atom stereocenters. The lowest BCUT2D eigenvalue weighted by molar-refractivity contribution is -0.137. The fourth-order valence-corrected chi connectivity index (χ4v) is 3.32. The molecule has 1 atom stereocenters. The van der Waals surface area contributed by atoms with E-state index in [1.807, 2.05) is 24.3 Å². The van der Waals surface area contributed by atoms with Gasteiger partial charge in [-0.2, -0.15) is 13.2 Å². The highest BCUT2D eigenvalue weighted by atomic mass is 35.5. The summed E-state index contributed by atoms with van der Waals surface area (Å²) < 4.78 is 38.4. The maximum atomic E-state index is 12.8. The summed E-state index contributed by atoms with van der Waals surface area (Å²) in [6, 6.07) is 10.9. The third kappa shape index (κ3) is 4.28. The quantitative estimate of drug-likeness (QED) is 0.694. The van der Waals surface area contributed by atoms with Crippen molar-refractivity contribution in [3.8, 4) is 0 Å². The van der Waals surface area contributed by atoms with Crippen molar-refractivity contribution < 1.29 is 18.0 Å². The van der Waals surface area contributed by atoms with Crippen LogP contribution in [0.15, 0.2) is 48.5 Å². The molecule has 0 spiro atoms. The monoisotopic (exact) mass is 379 g/mol. The maximum Gasteiger partial charge on any atom is 0.416 e. The summed E-state index contributed by atoms with van der Waals surface area (Å²) in [6.07, 6.45) is 0.867. The fourth-order valence-electron chi connectivity index (χ4n) is 3.14. The average molecular weight is 380 g/mol. The topological polar surface area (TPSA) is 29.1 Å². The number of rotatable bonds is 3. The van der Waals surface area contributed by atoms with Gasteiger partial charge in [0.1, 0.15) is 0 Å². The van der Waals surface area contributed by atoms with Crippen molar-refractivity contribution in [2.24, 2.45) is 0 Å². The van der Waals surface area contributed by atoms with Crippen molar-refractivity contribution in [2.75, 3.05) is 0 Å². The number of alkyl halides is 3. The van der Waals surface area contributed by atoms with Crippen LogP contribution in [0.4, 0.5) is 13.2 Å². The Balaban J connectivity index is 1.73. The van der Waals surface area contributed by atoms with Crippen molar-refractivity contribution in [1.82, 2.24) is 5.32 Å². The number of hydrogen-bond donors (Lipinski definition) is 1. The van der Waals surface area contributed by atoms with E-state index < -0.39 is 11.7 Å². The zero-order chi connectivity index (χ0) is 18.7. The molecule has 1 aliphatic rings. The van der Waals surface area contributed by atoms with Gasteiger partial charge in [-0.3, -0.25) is 4.79 Å². The van der Waals surface area contributed by atoms with Gasteiger partial charge in [0.15, 0.2) is 0 Å². The molecule has 26 heavy (non-hydrogen) atoms. The molecule has 0 heterocycles. The van der Waals surface area contributed by atoms with E-state index in [0.29, 0.717) is 0 Å². The highest BCUT2D eigenvalue weighted by Crippen LogP contribution is 2.32. The molecule has 3 rings (SSSR count). The Bertz CT molecular complexity index is 845. The molecule has 136 valence electrons. The Morgan fingerprint density at radius 2 is 1.96 bits per heavy atom. The SMILES string of the molecule is O=C(/C=C/c1cc(C(F)(F)F)ccc1Cl)N[C@@H]1CCCc2ccccc21. The van der Waals surface area contributed by atoms with Crippen LogP contribution in [0.5, 0.6) is 0 Å². The fraction of sp³-hybridized carbons (Fsp3) is 0.250. The second kappa shape index (κ2) is 7.54. The highest BCUT2D eigenvalue weighted by Gasteiger charge is 2.30. The Morgan fingerprint density at radius 1 is 1.19 bits per heavy atom. The van der Waals surface area contributed by atoms with E-state index in [9.17, 15) is 18.0 Å². The van der Waals surface area contributed by atoms with Crippen LogP contribution in [0, 0.1) is 0 Å². The molecule has 0 saturated heterocycles.